The van der Waals surface area contributed by atoms with Gasteiger partial charge in [-0.15, -0.1) is 0 Å². The van der Waals surface area contributed by atoms with Crippen LogP contribution in [0.1, 0.15) is 31.9 Å². The molecule has 0 saturated carbocycles. The minimum absolute atomic E-state index is 0.0485. The van der Waals surface area contributed by atoms with E-state index in [2.05, 4.69) is 37.3 Å². The van der Waals surface area contributed by atoms with Crippen LogP contribution in [-0.4, -0.2) is 31.5 Å². The molecule has 0 aliphatic rings. The van der Waals surface area contributed by atoms with Gasteiger partial charge in [-0.3, -0.25) is 0 Å². The van der Waals surface area contributed by atoms with Gasteiger partial charge in [-0.05, 0) is 43.0 Å². The molecule has 0 aliphatic heterocycles. The van der Waals surface area contributed by atoms with E-state index in [1.807, 2.05) is 13.8 Å². The van der Waals surface area contributed by atoms with E-state index in [1.54, 1.807) is 6.26 Å². The summed E-state index contributed by atoms with van der Waals surface area (Å²) in [6, 6.07) is 8.43. The van der Waals surface area contributed by atoms with Crippen molar-refractivity contribution in [3.05, 3.63) is 47.7 Å². The molecule has 0 aliphatic carbocycles. The number of rotatable bonds is 8. The van der Waals surface area contributed by atoms with Crippen LogP contribution in [0.15, 0.2) is 36.6 Å². The summed E-state index contributed by atoms with van der Waals surface area (Å²) in [6.45, 7) is 7.56. The smallest absolute Gasteiger partial charge is 0.111 e. The highest BCUT2D eigenvalue weighted by Gasteiger charge is 1.98. The fourth-order valence-corrected chi connectivity index (χ4v) is 1.69. The predicted octanol–water partition coefficient (Wildman–Crippen LogP) is 3.50. The van der Waals surface area contributed by atoms with E-state index >= 15 is 0 Å². The van der Waals surface area contributed by atoms with E-state index in [-0.39, 0.29) is 6.61 Å². The molecular weight excluding hydrogens is 252 g/mol. The lowest BCUT2D eigenvalue weighted by Crippen LogP contribution is -2.05. The minimum Gasteiger partial charge on any atom is -0.498 e. The molecule has 0 unspecified atom stereocenters. The molecule has 1 N–H and O–H groups in total. The Balaban J connectivity index is 2.48. The van der Waals surface area contributed by atoms with Crippen molar-refractivity contribution in [3.8, 4) is 0 Å². The Morgan fingerprint density at radius 1 is 1.00 bits per heavy atom. The fourth-order valence-electron chi connectivity index (χ4n) is 1.69. The van der Waals surface area contributed by atoms with Gasteiger partial charge in [0.25, 0.3) is 0 Å². The van der Waals surface area contributed by atoms with Gasteiger partial charge in [-0.1, -0.05) is 30.3 Å². The molecule has 1 aromatic rings. The molecule has 3 nitrogen and oxygen atoms in total. The van der Waals surface area contributed by atoms with Crippen LogP contribution in [-0.2, 0) is 9.47 Å². The molecule has 1 aromatic carbocycles. The zero-order valence-electron chi connectivity index (χ0n) is 12.6. The highest BCUT2D eigenvalue weighted by Crippen LogP contribution is 2.18. The molecule has 0 amide bonds. The average Bonchev–Trinajstić information content (AvgIpc) is 2.50. The molecule has 110 valence electrons. The van der Waals surface area contributed by atoms with E-state index in [9.17, 15) is 0 Å². The summed E-state index contributed by atoms with van der Waals surface area (Å²) in [7, 11) is 0. The van der Waals surface area contributed by atoms with Crippen molar-refractivity contribution in [1.29, 1.82) is 0 Å². The maximum Gasteiger partial charge on any atom is 0.111 e. The third-order valence-electron chi connectivity index (χ3n) is 3.07. The Bertz CT molecular complexity index is 444. The van der Waals surface area contributed by atoms with Crippen LogP contribution in [0.5, 0.6) is 0 Å². The first-order valence-corrected chi connectivity index (χ1v) is 6.89. The van der Waals surface area contributed by atoms with Crippen LogP contribution < -0.4 is 0 Å². The van der Waals surface area contributed by atoms with Crippen LogP contribution in [0.2, 0.25) is 0 Å². The van der Waals surface area contributed by atoms with Crippen LogP contribution in [0.4, 0.5) is 0 Å². The topological polar surface area (TPSA) is 38.7 Å². The van der Waals surface area contributed by atoms with Crippen molar-refractivity contribution < 1.29 is 14.6 Å². The molecular formula is C17H24O3. The summed E-state index contributed by atoms with van der Waals surface area (Å²) in [5.74, 6) is 0. The third kappa shape index (κ3) is 5.59. The zero-order chi connectivity index (χ0) is 14.8. The van der Waals surface area contributed by atoms with Crippen LogP contribution >= 0.6 is 0 Å². The van der Waals surface area contributed by atoms with Gasteiger partial charge in [0.2, 0.25) is 0 Å². The number of benzene rings is 1. The van der Waals surface area contributed by atoms with Crippen molar-refractivity contribution in [3.63, 3.8) is 0 Å². The maximum absolute atomic E-state index is 8.56. The van der Waals surface area contributed by atoms with Gasteiger partial charge in [0.15, 0.2) is 0 Å². The predicted molar refractivity (Wildman–Crippen MR) is 83.3 cm³/mol. The molecule has 0 heterocycles. The first kappa shape index (κ1) is 16.5. The molecule has 0 atom stereocenters. The summed E-state index contributed by atoms with van der Waals surface area (Å²) in [5, 5.41) is 8.56. The van der Waals surface area contributed by atoms with Gasteiger partial charge in [-0.25, -0.2) is 0 Å². The summed E-state index contributed by atoms with van der Waals surface area (Å²) >= 11 is 0. The maximum atomic E-state index is 8.56. The van der Waals surface area contributed by atoms with Crippen LogP contribution in [0.25, 0.3) is 11.1 Å². The lowest BCUT2D eigenvalue weighted by molar-refractivity contribution is 0.0603. The van der Waals surface area contributed by atoms with Crippen molar-refractivity contribution >= 4 is 11.1 Å². The second-order valence-electron chi connectivity index (χ2n) is 4.56. The molecule has 0 radical (unpaired) electrons. The fraction of sp³-hybridized carbons (Fsp3) is 0.412. The molecule has 0 bridgehead atoms. The standard InChI is InChI=1S/C17H24O3/c1-4-14(2)16-5-7-17(8-6-16)15(3)13-20-12-11-19-10-9-18/h4-8,13,18H,9-12H2,1-3H3/b14-4+,15-13+. The molecule has 20 heavy (non-hydrogen) atoms. The number of hydrogen-bond donors (Lipinski definition) is 1. The lowest BCUT2D eigenvalue weighted by Gasteiger charge is -2.06. The summed E-state index contributed by atoms with van der Waals surface area (Å²) in [6.07, 6.45) is 3.85. The number of allylic oxidation sites excluding steroid dienone is 3. The quantitative estimate of drug-likeness (QED) is 0.583. The first-order valence-electron chi connectivity index (χ1n) is 6.89. The summed E-state index contributed by atoms with van der Waals surface area (Å²) < 4.78 is 10.5. The number of aliphatic hydroxyl groups excluding tert-OH is 1. The Hall–Kier alpha value is -1.58. The normalized spacial score (nSPS) is 12.6. The molecule has 3 heteroatoms. The third-order valence-corrected chi connectivity index (χ3v) is 3.07. The molecule has 0 saturated heterocycles. The Labute approximate surface area is 121 Å². The van der Waals surface area contributed by atoms with Gasteiger partial charge in [0.1, 0.15) is 6.61 Å². The molecule has 0 fully saturated rings. The number of aliphatic hydroxyl groups is 1. The monoisotopic (exact) mass is 276 g/mol. The van der Waals surface area contributed by atoms with Gasteiger partial charge < -0.3 is 14.6 Å². The van der Waals surface area contributed by atoms with E-state index in [0.29, 0.717) is 19.8 Å². The Kier molecular flexibility index (Phi) is 7.70. The van der Waals surface area contributed by atoms with Crippen molar-refractivity contribution in [1.82, 2.24) is 0 Å². The van der Waals surface area contributed by atoms with E-state index in [4.69, 9.17) is 14.6 Å². The average molecular weight is 276 g/mol. The van der Waals surface area contributed by atoms with Crippen LogP contribution in [0.3, 0.4) is 0 Å². The SMILES string of the molecule is C/C=C(\C)c1ccc(/C(C)=C/OCCOCCO)cc1. The first-order chi connectivity index (χ1) is 9.69. The van der Waals surface area contributed by atoms with E-state index in [0.717, 1.165) is 11.1 Å². The van der Waals surface area contributed by atoms with Crippen molar-refractivity contribution in [2.45, 2.75) is 20.8 Å². The number of ether oxygens (including phenoxy) is 2. The van der Waals surface area contributed by atoms with Crippen molar-refractivity contribution in [2.75, 3.05) is 26.4 Å². The summed E-state index contributed by atoms with van der Waals surface area (Å²) in [5.41, 5.74) is 4.74. The largest absolute Gasteiger partial charge is 0.498 e. The van der Waals surface area contributed by atoms with E-state index < -0.39 is 0 Å². The second kappa shape index (κ2) is 9.34. The van der Waals surface area contributed by atoms with Gasteiger partial charge >= 0.3 is 0 Å². The Morgan fingerprint density at radius 3 is 2.15 bits per heavy atom. The molecule has 0 spiro atoms. The van der Waals surface area contributed by atoms with Gasteiger partial charge in [0, 0.05) is 0 Å². The lowest BCUT2D eigenvalue weighted by atomic mass is 10.0. The Morgan fingerprint density at radius 2 is 1.60 bits per heavy atom. The van der Waals surface area contributed by atoms with E-state index in [1.165, 1.54) is 11.1 Å². The van der Waals surface area contributed by atoms with Crippen LogP contribution in [0, 0.1) is 0 Å². The highest BCUT2D eigenvalue weighted by atomic mass is 16.5. The molecule has 1 rings (SSSR count). The van der Waals surface area contributed by atoms with Gasteiger partial charge in [0.05, 0.1) is 26.1 Å². The highest BCUT2D eigenvalue weighted by molar-refractivity contribution is 5.68. The zero-order valence-corrected chi connectivity index (χ0v) is 12.6. The van der Waals surface area contributed by atoms with Gasteiger partial charge in [-0.2, -0.15) is 0 Å². The number of hydrogen-bond acceptors (Lipinski definition) is 3. The molecule has 0 aromatic heterocycles. The van der Waals surface area contributed by atoms with Crippen molar-refractivity contribution in [2.24, 2.45) is 0 Å². The summed E-state index contributed by atoms with van der Waals surface area (Å²) in [4.78, 5) is 0. The second-order valence-corrected chi connectivity index (χ2v) is 4.56. The minimum atomic E-state index is 0.0485.